The Bertz CT molecular complexity index is 995. The van der Waals surface area contributed by atoms with Crippen LogP contribution in [0.4, 0.5) is 4.39 Å². The molecular formula is C17H7Cl2FN2OS. The Balaban J connectivity index is 2.31. The first-order chi connectivity index (χ1) is 11.5. The van der Waals surface area contributed by atoms with Gasteiger partial charge in [0.1, 0.15) is 6.07 Å². The standard InChI is InChI=1S/C17H7Cl2FN2OS/c18-10-1-2-11(13(19)6-10)16-12(7-21)17(24-14(16)8-23)9-3-4-22-15(20)5-9/h1-6,8H. The molecule has 0 radical (unpaired) electrons. The lowest BCUT2D eigenvalue weighted by atomic mass is 9.99. The Hall–Kier alpha value is -2.26. The van der Waals surface area contributed by atoms with Gasteiger partial charge in [0.25, 0.3) is 0 Å². The number of hydrogen-bond acceptors (Lipinski definition) is 4. The van der Waals surface area contributed by atoms with E-state index in [2.05, 4.69) is 11.1 Å². The number of benzene rings is 1. The minimum absolute atomic E-state index is 0.261. The number of pyridine rings is 1. The van der Waals surface area contributed by atoms with Crippen LogP contribution >= 0.6 is 34.5 Å². The molecule has 0 aliphatic rings. The van der Waals surface area contributed by atoms with Crippen LogP contribution in [0.5, 0.6) is 0 Å². The lowest BCUT2D eigenvalue weighted by Gasteiger charge is -2.05. The predicted molar refractivity (Wildman–Crippen MR) is 93.1 cm³/mol. The van der Waals surface area contributed by atoms with E-state index in [0.717, 1.165) is 11.3 Å². The molecule has 0 bridgehead atoms. The van der Waals surface area contributed by atoms with Crippen molar-refractivity contribution in [2.45, 2.75) is 0 Å². The van der Waals surface area contributed by atoms with Crippen LogP contribution < -0.4 is 0 Å². The summed E-state index contributed by atoms with van der Waals surface area (Å²) >= 11 is 13.2. The third kappa shape index (κ3) is 2.92. The van der Waals surface area contributed by atoms with Gasteiger partial charge in [-0.3, -0.25) is 4.79 Å². The molecule has 0 aliphatic heterocycles. The summed E-state index contributed by atoms with van der Waals surface area (Å²) in [5.41, 5.74) is 1.68. The smallest absolute Gasteiger partial charge is 0.213 e. The summed E-state index contributed by atoms with van der Waals surface area (Å²) in [6.07, 6.45) is 1.97. The van der Waals surface area contributed by atoms with Gasteiger partial charge in [-0.25, -0.2) is 4.98 Å². The zero-order valence-electron chi connectivity index (χ0n) is 11.9. The molecule has 1 aromatic carbocycles. The van der Waals surface area contributed by atoms with E-state index in [9.17, 15) is 14.4 Å². The van der Waals surface area contributed by atoms with Crippen molar-refractivity contribution in [3.8, 4) is 27.6 Å². The number of carbonyl (C=O) groups is 1. The molecule has 0 fully saturated rings. The van der Waals surface area contributed by atoms with Gasteiger partial charge in [-0.1, -0.05) is 29.3 Å². The van der Waals surface area contributed by atoms with Gasteiger partial charge in [-0.15, -0.1) is 11.3 Å². The second kappa shape index (κ2) is 6.70. The third-order valence-electron chi connectivity index (χ3n) is 3.34. The van der Waals surface area contributed by atoms with E-state index in [1.807, 2.05) is 0 Å². The predicted octanol–water partition coefficient (Wildman–Crippen LogP) is 5.61. The monoisotopic (exact) mass is 376 g/mol. The number of halogens is 3. The highest BCUT2D eigenvalue weighted by atomic mass is 35.5. The average Bonchev–Trinajstić information content (AvgIpc) is 2.93. The summed E-state index contributed by atoms with van der Waals surface area (Å²) in [5.74, 6) is -0.663. The summed E-state index contributed by atoms with van der Waals surface area (Å²) in [4.78, 5) is 15.8. The lowest BCUT2D eigenvalue weighted by molar-refractivity contribution is 0.112. The molecule has 24 heavy (non-hydrogen) atoms. The van der Waals surface area contributed by atoms with Gasteiger partial charge in [0, 0.05) is 33.4 Å². The Morgan fingerprint density at radius 3 is 2.67 bits per heavy atom. The molecule has 3 aromatic rings. The van der Waals surface area contributed by atoms with Crippen LogP contribution in [0.3, 0.4) is 0 Å². The van der Waals surface area contributed by atoms with Crippen LogP contribution in [0.2, 0.25) is 10.0 Å². The first-order valence-corrected chi connectivity index (χ1v) is 8.21. The van der Waals surface area contributed by atoms with Crippen molar-refractivity contribution in [2.75, 3.05) is 0 Å². The second-order valence-electron chi connectivity index (χ2n) is 4.77. The number of nitrogens with zero attached hydrogens (tertiary/aromatic N) is 2. The summed E-state index contributed by atoms with van der Waals surface area (Å²) < 4.78 is 13.4. The molecule has 0 atom stereocenters. The number of thiophene rings is 1. The van der Waals surface area contributed by atoms with E-state index in [4.69, 9.17) is 23.2 Å². The first-order valence-electron chi connectivity index (χ1n) is 6.64. The van der Waals surface area contributed by atoms with E-state index in [0.29, 0.717) is 42.8 Å². The normalized spacial score (nSPS) is 10.4. The highest BCUT2D eigenvalue weighted by Crippen LogP contribution is 2.43. The molecule has 2 aromatic heterocycles. The number of nitriles is 1. The average molecular weight is 377 g/mol. The van der Waals surface area contributed by atoms with Crippen molar-refractivity contribution >= 4 is 40.8 Å². The van der Waals surface area contributed by atoms with Crippen LogP contribution in [-0.2, 0) is 0 Å². The summed E-state index contributed by atoms with van der Waals surface area (Å²) in [5, 5.41) is 10.4. The molecule has 3 nitrogen and oxygen atoms in total. The molecule has 0 spiro atoms. The fourth-order valence-electron chi connectivity index (χ4n) is 2.34. The van der Waals surface area contributed by atoms with Gasteiger partial charge in [0.15, 0.2) is 6.29 Å². The summed E-state index contributed by atoms with van der Waals surface area (Å²) in [6, 6.07) is 9.71. The Morgan fingerprint density at radius 2 is 2.04 bits per heavy atom. The maximum atomic E-state index is 13.4. The fourth-order valence-corrected chi connectivity index (χ4v) is 3.92. The van der Waals surface area contributed by atoms with E-state index >= 15 is 0 Å². The molecule has 0 aliphatic carbocycles. The molecule has 118 valence electrons. The molecule has 7 heteroatoms. The minimum atomic E-state index is -0.663. The fraction of sp³-hybridized carbons (Fsp3) is 0. The number of rotatable bonds is 3. The van der Waals surface area contributed by atoms with Crippen LogP contribution in [0, 0.1) is 17.3 Å². The van der Waals surface area contributed by atoms with Gasteiger partial charge in [0.2, 0.25) is 5.95 Å². The Labute approximate surface area is 150 Å². The molecule has 0 amide bonds. The van der Waals surface area contributed by atoms with Crippen molar-refractivity contribution in [1.82, 2.24) is 4.98 Å². The van der Waals surface area contributed by atoms with E-state index in [1.165, 1.54) is 18.3 Å². The molecular weight excluding hydrogens is 370 g/mol. The maximum Gasteiger partial charge on any atom is 0.213 e. The van der Waals surface area contributed by atoms with E-state index in [-0.39, 0.29) is 5.56 Å². The molecule has 0 N–H and O–H groups in total. The summed E-state index contributed by atoms with van der Waals surface area (Å²) in [6.45, 7) is 0. The zero-order chi connectivity index (χ0) is 17.3. The van der Waals surface area contributed by atoms with Crippen molar-refractivity contribution in [3.63, 3.8) is 0 Å². The van der Waals surface area contributed by atoms with Gasteiger partial charge >= 0.3 is 0 Å². The van der Waals surface area contributed by atoms with Gasteiger partial charge in [-0.2, -0.15) is 9.65 Å². The van der Waals surface area contributed by atoms with Crippen molar-refractivity contribution in [1.29, 1.82) is 5.26 Å². The minimum Gasteiger partial charge on any atom is -0.297 e. The SMILES string of the molecule is N#Cc1c(-c2ccnc(F)c2)sc(C=O)c1-c1ccc(Cl)cc1Cl. The number of aromatic nitrogens is 1. The molecule has 0 unspecified atom stereocenters. The highest BCUT2D eigenvalue weighted by molar-refractivity contribution is 7.18. The largest absolute Gasteiger partial charge is 0.297 e. The van der Waals surface area contributed by atoms with Crippen molar-refractivity contribution < 1.29 is 9.18 Å². The van der Waals surface area contributed by atoms with E-state index in [1.54, 1.807) is 18.2 Å². The topological polar surface area (TPSA) is 53.8 Å². The maximum absolute atomic E-state index is 13.4. The number of carbonyl (C=O) groups excluding carboxylic acids is 1. The van der Waals surface area contributed by atoms with Crippen molar-refractivity contribution in [3.05, 3.63) is 63.0 Å². The Morgan fingerprint density at radius 1 is 1.25 bits per heavy atom. The van der Waals surface area contributed by atoms with Gasteiger partial charge in [-0.05, 0) is 23.8 Å². The lowest BCUT2D eigenvalue weighted by Crippen LogP contribution is -1.88. The van der Waals surface area contributed by atoms with Crippen LogP contribution in [-0.4, -0.2) is 11.3 Å². The van der Waals surface area contributed by atoms with Gasteiger partial charge < -0.3 is 0 Å². The van der Waals surface area contributed by atoms with Gasteiger partial charge in [0.05, 0.1) is 15.3 Å². The summed E-state index contributed by atoms with van der Waals surface area (Å²) in [7, 11) is 0. The van der Waals surface area contributed by atoms with Crippen molar-refractivity contribution in [2.24, 2.45) is 0 Å². The zero-order valence-corrected chi connectivity index (χ0v) is 14.2. The molecule has 2 heterocycles. The third-order valence-corrected chi connectivity index (χ3v) is 5.06. The number of aldehydes is 1. The second-order valence-corrected chi connectivity index (χ2v) is 6.66. The van der Waals surface area contributed by atoms with Crippen LogP contribution in [0.25, 0.3) is 21.6 Å². The van der Waals surface area contributed by atoms with Crippen LogP contribution in [0.1, 0.15) is 15.2 Å². The quantitative estimate of drug-likeness (QED) is 0.441. The van der Waals surface area contributed by atoms with E-state index < -0.39 is 5.95 Å². The molecule has 0 saturated heterocycles. The first kappa shape index (κ1) is 16.6. The molecule has 3 rings (SSSR count). The molecule has 0 saturated carbocycles. The Kier molecular flexibility index (Phi) is 4.63. The van der Waals surface area contributed by atoms with Crippen LogP contribution in [0.15, 0.2) is 36.5 Å². The number of hydrogen-bond donors (Lipinski definition) is 0. The highest BCUT2D eigenvalue weighted by Gasteiger charge is 2.22.